The topological polar surface area (TPSA) is 49.9 Å². The Balaban J connectivity index is 2.21. The van der Waals surface area contributed by atoms with Gasteiger partial charge in [0.25, 0.3) is 0 Å². The number of ether oxygens (including phenoxy) is 1. The summed E-state index contributed by atoms with van der Waals surface area (Å²) in [5.41, 5.74) is 3.14. The molecular weight excluding hydrogens is 304 g/mol. The Kier molecular flexibility index (Phi) is 5.52. The third-order valence-corrected chi connectivity index (χ3v) is 4.48. The van der Waals surface area contributed by atoms with Gasteiger partial charge in [-0.15, -0.1) is 0 Å². The highest BCUT2D eigenvalue weighted by atomic mass is 16.5. The number of benzene rings is 1. The van der Waals surface area contributed by atoms with Crippen molar-refractivity contribution >= 4 is 12.3 Å². The van der Waals surface area contributed by atoms with E-state index in [0.717, 1.165) is 28.8 Å². The molecule has 1 aromatic carbocycles. The van der Waals surface area contributed by atoms with E-state index in [1.165, 1.54) is 0 Å². The third kappa shape index (κ3) is 4.08. The fourth-order valence-electron chi connectivity index (χ4n) is 3.13. The Morgan fingerprint density at radius 2 is 1.83 bits per heavy atom. The fourth-order valence-corrected chi connectivity index (χ4v) is 3.13. The quantitative estimate of drug-likeness (QED) is 0.794. The zero-order valence-electron chi connectivity index (χ0n) is 15.4. The molecule has 1 aromatic rings. The van der Waals surface area contributed by atoms with Gasteiger partial charge in [-0.1, -0.05) is 38.5 Å². The van der Waals surface area contributed by atoms with Crippen molar-refractivity contribution in [2.24, 2.45) is 0 Å². The smallest absolute Gasteiger partial charge is 0.227 e. The van der Waals surface area contributed by atoms with E-state index in [9.17, 15) is 9.59 Å². The van der Waals surface area contributed by atoms with Gasteiger partial charge >= 0.3 is 0 Å². The molecule has 24 heavy (non-hydrogen) atoms. The summed E-state index contributed by atoms with van der Waals surface area (Å²) in [4.78, 5) is 27.0. The van der Waals surface area contributed by atoms with Crippen LogP contribution in [-0.4, -0.2) is 55.4 Å². The molecular formula is C19H28N2O3. The van der Waals surface area contributed by atoms with Crippen molar-refractivity contribution in [3.8, 4) is 5.75 Å². The molecule has 1 aliphatic heterocycles. The van der Waals surface area contributed by atoms with Gasteiger partial charge in [0.05, 0.1) is 13.5 Å². The molecule has 2 rings (SSSR count). The van der Waals surface area contributed by atoms with Crippen LogP contribution in [0.25, 0.3) is 0 Å². The Morgan fingerprint density at radius 1 is 1.21 bits per heavy atom. The number of rotatable bonds is 4. The van der Waals surface area contributed by atoms with Crippen molar-refractivity contribution in [3.05, 3.63) is 28.8 Å². The van der Waals surface area contributed by atoms with Gasteiger partial charge in [-0.25, -0.2) is 0 Å². The van der Waals surface area contributed by atoms with Gasteiger partial charge in [0.1, 0.15) is 5.75 Å². The molecule has 0 aromatic heterocycles. The maximum atomic E-state index is 12.7. The normalized spacial score (nSPS) is 15.4. The van der Waals surface area contributed by atoms with Crippen LogP contribution in [0.1, 0.15) is 37.5 Å². The number of hydrogen-bond donors (Lipinski definition) is 0. The number of amides is 2. The van der Waals surface area contributed by atoms with Crippen LogP contribution in [0.15, 0.2) is 12.1 Å². The van der Waals surface area contributed by atoms with E-state index in [4.69, 9.17) is 4.74 Å². The van der Waals surface area contributed by atoms with E-state index < -0.39 is 0 Å². The number of aryl methyl sites for hydroxylation is 1. The average molecular weight is 332 g/mol. The largest absolute Gasteiger partial charge is 0.496 e. The number of nitrogens with zero attached hydrogens (tertiary/aromatic N) is 2. The summed E-state index contributed by atoms with van der Waals surface area (Å²) in [6.45, 7) is 10.9. The molecule has 0 bridgehead atoms. The minimum atomic E-state index is -0.0508. The number of methoxy groups -OCH3 is 1. The molecule has 132 valence electrons. The number of piperazine rings is 1. The Bertz CT molecular complexity index is 612. The van der Waals surface area contributed by atoms with Crippen molar-refractivity contribution in [3.63, 3.8) is 0 Å². The molecule has 0 saturated carbocycles. The first kappa shape index (κ1) is 18.3. The third-order valence-electron chi connectivity index (χ3n) is 4.48. The molecule has 0 spiro atoms. The summed E-state index contributed by atoms with van der Waals surface area (Å²) in [6.07, 6.45) is 1.18. The summed E-state index contributed by atoms with van der Waals surface area (Å²) < 4.78 is 5.66. The lowest BCUT2D eigenvalue weighted by Gasteiger charge is -2.33. The van der Waals surface area contributed by atoms with Gasteiger partial charge in [-0.2, -0.15) is 0 Å². The van der Waals surface area contributed by atoms with E-state index in [1.807, 2.05) is 17.9 Å². The van der Waals surface area contributed by atoms with Gasteiger partial charge in [-0.05, 0) is 12.3 Å². The molecule has 1 fully saturated rings. The Labute approximate surface area is 144 Å². The molecule has 5 nitrogen and oxygen atoms in total. The second kappa shape index (κ2) is 7.24. The van der Waals surface area contributed by atoms with E-state index in [-0.39, 0.29) is 11.3 Å². The zero-order valence-corrected chi connectivity index (χ0v) is 15.4. The first-order chi connectivity index (χ1) is 11.3. The molecule has 1 saturated heterocycles. The van der Waals surface area contributed by atoms with Crippen molar-refractivity contribution < 1.29 is 14.3 Å². The minimum Gasteiger partial charge on any atom is -0.496 e. The first-order valence-corrected chi connectivity index (χ1v) is 8.41. The Morgan fingerprint density at radius 3 is 2.33 bits per heavy atom. The van der Waals surface area contributed by atoms with E-state index >= 15 is 0 Å². The molecule has 0 aliphatic carbocycles. The van der Waals surface area contributed by atoms with Crippen molar-refractivity contribution in [1.29, 1.82) is 0 Å². The molecule has 5 heteroatoms. The van der Waals surface area contributed by atoms with E-state index in [0.29, 0.717) is 32.6 Å². The molecule has 0 radical (unpaired) electrons. The highest BCUT2D eigenvalue weighted by Crippen LogP contribution is 2.35. The summed E-state index contributed by atoms with van der Waals surface area (Å²) in [5.74, 6) is 0.900. The Hall–Kier alpha value is -2.04. The molecule has 0 N–H and O–H groups in total. The lowest BCUT2D eigenvalue weighted by molar-refractivity contribution is -0.134. The van der Waals surface area contributed by atoms with E-state index in [2.05, 4.69) is 26.8 Å². The van der Waals surface area contributed by atoms with Gasteiger partial charge < -0.3 is 14.5 Å². The predicted molar refractivity (Wildman–Crippen MR) is 94.4 cm³/mol. The SMILES string of the molecule is COc1c(CC(=O)N2CCN(C=O)CC2)cc(C)cc1C(C)(C)C. The van der Waals surface area contributed by atoms with E-state index in [1.54, 1.807) is 12.0 Å². The number of hydrogen-bond acceptors (Lipinski definition) is 3. The van der Waals surface area contributed by atoms with Crippen LogP contribution in [-0.2, 0) is 21.4 Å². The molecule has 2 amide bonds. The lowest BCUT2D eigenvalue weighted by Crippen LogP contribution is -2.48. The van der Waals surface area contributed by atoms with Crippen molar-refractivity contribution in [2.75, 3.05) is 33.3 Å². The molecule has 1 heterocycles. The second-order valence-electron chi connectivity index (χ2n) is 7.45. The minimum absolute atomic E-state index is 0.0508. The molecule has 0 atom stereocenters. The van der Waals surface area contributed by atoms with Crippen LogP contribution in [0.4, 0.5) is 0 Å². The standard InChI is InChI=1S/C19H28N2O3/c1-14-10-15(18(24-5)16(11-14)19(2,3)4)12-17(23)21-8-6-20(13-22)7-9-21/h10-11,13H,6-9,12H2,1-5H3. The van der Waals surface area contributed by atoms with Gasteiger partial charge in [0.2, 0.25) is 12.3 Å². The molecule has 0 unspecified atom stereocenters. The maximum Gasteiger partial charge on any atom is 0.227 e. The second-order valence-corrected chi connectivity index (χ2v) is 7.45. The van der Waals surface area contributed by atoms with Crippen LogP contribution in [0.3, 0.4) is 0 Å². The molecule has 1 aliphatic rings. The summed E-state index contributed by atoms with van der Waals surface area (Å²) in [5, 5.41) is 0. The lowest BCUT2D eigenvalue weighted by atomic mass is 9.83. The summed E-state index contributed by atoms with van der Waals surface area (Å²) in [6, 6.07) is 4.17. The average Bonchev–Trinajstić information content (AvgIpc) is 2.53. The zero-order chi connectivity index (χ0) is 17.9. The monoisotopic (exact) mass is 332 g/mol. The predicted octanol–water partition coefficient (Wildman–Crippen LogP) is 2.14. The van der Waals surface area contributed by atoms with Gasteiger partial charge in [-0.3, -0.25) is 9.59 Å². The highest BCUT2D eigenvalue weighted by molar-refractivity contribution is 5.80. The maximum absolute atomic E-state index is 12.7. The summed E-state index contributed by atoms with van der Waals surface area (Å²) >= 11 is 0. The summed E-state index contributed by atoms with van der Waals surface area (Å²) in [7, 11) is 1.66. The van der Waals surface area contributed by atoms with Crippen molar-refractivity contribution in [2.45, 2.75) is 39.5 Å². The van der Waals surface area contributed by atoms with Crippen molar-refractivity contribution in [1.82, 2.24) is 9.80 Å². The van der Waals surface area contributed by atoms with Crippen LogP contribution < -0.4 is 4.74 Å². The highest BCUT2D eigenvalue weighted by Gasteiger charge is 2.25. The number of carbonyl (C=O) groups is 2. The van der Waals surface area contributed by atoms with Crippen LogP contribution in [0.5, 0.6) is 5.75 Å². The first-order valence-electron chi connectivity index (χ1n) is 8.41. The number of carbonyl (C=O) groups excluding carboxylic acids is 2. The fraction of sp³-hybridized carbons (Fsp3) is 0.579. The van der Waals surface area contributed by atoms with Crippen LogP contribution >= 0.6 is 0 Å². The van der Waals surface area contributed by atoms with Gasteiger partial charge in [0, 0.05) is 37.3 Å². The van der Waals surface area contributed by atoms with Crippen LogP contribution in [0, 0.1) is 6.92 Å². The van der Waals surface area contributed by atoms with Crippen LogP contribution in [0.2, 0.25) is 0 Å². The van der Waals surface area contributed by atoms with Gasteiger partial charge in [0.15, 0.2) is 0 Å².